The first-order chi connectivity index (χ1) is 13.6. The van der Waals surface area contributed by atoms with Gasteiger partial charge >= 0.3 is 6.18 Å². The lowest BCUT2D eigenvalue weighted by atomic mass is 10.1. The van der Waals surface area contributed by atoms with Crippen LogP contribution < -0.4 is 5.32 Å². The van der Waals surface area contributed by atoms with Gasteiger partial charge in [-0.3, -0.25) is 4.79 Å². The van der Waals surface area contributed by atoms with Crippen LogP contribution in [-0.2, 0) is 17.4 Å². The molecule has 6 nitrogen and oxygen atoms in total. The van der Waals surface area contributed by atoms with Crippen LogP contribution in [0.2, 0.25) is 5.02 Å². The third kappa shape index (κ3) is 4.67. The van der Waals surface area contributed by atoms with Crippen LogP contribution in [0, 0.1) is 13.8 Å². The number of benzene rings is 1. The molecule has 0 saturated carbocycles. The molecule has 3 rings (SSSR count). The molecule has 1 aromatic carbocycles. The van der Waals surface area contributed by atoms with Gasteiger partial charge in [-0.1, -0.05) is 23.7 Å². The number of hydrogen-bond donors (Lipinski definition) is 1. The van der Waals surface area contributed by atoms with Gasteiger partial charge in [0.15, 0.2) is 0 Å². The Balaban J connectivity index is 1.73. The summed E-state index contributed by atoms with van der Waals surface area (Å²) in [4.78, 5) is 19.9. The summed E-state index contributed by atoms with van der Waals surface area (Å²) < 4.78 is 39.7. The SMILES string of the molecule is Cc1nc2nc(C(F)(F)F)nn2c(C)c1CCC(=O)N[C@H](C)c1cccc(Cl)c1. The van der Waals surface area contributed by atoms with Crippen molar-refractivity contribution in [3.63, 3.8) is 0 Å². The van der Waals surface area contributed by atoms with Crippen molar-refractivity contribution < 1.29 is 18.0 Å². The number of alkyl halides is 3. The lowest BCUT2D eigenvalue weighted by Crippen LogP contribution is -2.27. The van der Waals surface area contributed by atoms with E-state index in [1.165, 1.54) is 0 Å². The lowest BCUT2D eigenvalue weighted by Gasteiger charge is -2.15. The predicted molar refractivity (Wildman–Crippen MR) is 102 cm³/mol. The number of rotatable bonds is 5. The molecule has 3 aromatic rings. The number of aromatic nitrogens is 4. The first-order valence-corrected chi connectivity index (χ1v) is 9.29. The molecule has 2 heterocycles. The first-order valence-electron chi connectivity index (χ1n) is 8.91. The van der Waals surface area contributed by atoms with E-state index in [0.29, 0.717) is 28.4 Å². The third-order valence-electron chi connectivity index (χ3n) is 4.63. The van der Waals surface area contributed by atoms with Gasteiger partial charge in [-0.05, 0) is 50.5 Å². The molecule has 0 unspecified atom stereocenters. The molecule has 1 atom stereocenters. The zero-order valence-corrected chi connectivity index (χ0v) is 16.8. The summed E-state index contributed by atoms with van der Waals surface area (Å²) in [6, 6.07) is 6.98. The molecule has 10 heteroatoms. The van der Waals surface area contributed by atoms with E-state index in [9.17, 15) is 18.0 Å². The molecule has 154 valence electrons. The van der Waals surface area contributed by atoms with E-state index >= 15 is 0 Å². The standard InChI is InChI=1S/C19H19ClF3N5O/c1-10(13-5-4-6-14(20)9-13)24-16(29)8-7-15-11(2)25-18-26-17(19(21,22)23)27-28(18)12(15)3/h4-6,9-10H,7-8H2,1-3H3,(H,24,29)/t10-/m1/s1. The van der Waals surface area contributed by atoms with Crippen molar-refractivity contribution in [1.29, 1.82) is 0 Å². The van der Waals surface area contributed by atoms with Crippen LogP contribution in [0.3, 0.4) is 0 Å². The highest BCUT2D eigenvalue weighted by atomic mass is 35.5. The molecule has 0 spiro atoms. The normalized spacial score (nSPS) is 12.9. The van der Waals surface area contributed by atoms with Gasteiger partial charge in [-0.2, -0.15) is 18.2 Å². The molecule has 0 bridgehead atoms. The van der Waals surface area contributed by atoms with Crippen molar-refractivity contribution in [2.24, 2.45) is 0 Å². The summed E-state index contributed by atoms with van der Waals surface area (Å²) in [6.07, 6.45) is -4.18. The molecule has 1 amide bonds. The number of aryl methyl sites for hydroxylation is 2. The van der Waals surface area contributed by atoms with E-state index in [0.717, 1.165) is 10.1 Å². The van der Waals surface area contributed by atoms with E-state index in [4.69, 9.17) is 11.6 Å². The largest absolute Gasteiger partial charge is 0.453 e. The summed E-state index contributed by atoms with van der Waals surface area (Å²) in [5.74, 6) is -1.54. The molecule has 0 saturated heterocycles. The number of hydrogen-bond acceptors (Lipinski definition) is 4. The molecular weight excluding hydrogens is 407 g/mol. The minimum atomic E-state index is -4.65. The second kappa shape index (κ2) is 7.98. The van der Waals surface area contributed by atoms with E-state index in [-0.39, 0.29) is 24.1 Å². The van der Waals surface area contributed by atoms with Crippen LogP contribution in [0.5, 0.6) is 0 Å². The summed E-state index contributed by atoms with van der Waals surface area (Å²) >= 11 is 5.98. The van der Waals surface area contributed by atoms with Gasteiger partial charge in [-0.25, -0.2) is 9.50 Å². The molecule has 0 aliphatic carbocycles. The Bertz CT molecular complexity index is 1060. The predicted octanol–water partition coefficient (Wildman–Crippen LogP) is 4.22. The fourth-order valence-corrected chi connectivity index (χ4v) is 3.30. The Hall–Kier alpha value is -2.68. The van der Waals surface area contributed by atoms with Crippen molar-refractivity contribution in [1.82, 2.24) is 24.9 Å². The maximum Gasteiger partial charge on any atom is 0.453 e. The van der Waals surface area contributed by atoms with Crippen LogP contribution in [0.25, 0.3) is 5.78 Å². The number of amides is 1. The first kappa shape index (κ1) is 21.0. The Kier molecular flexibility index (Phi) is 5.79. The van der Waals surface area contributed by atoms with Gasteiger partial charge in [0, 0.05) is 22.8 Å². The van der Waals surface area contributed by atoms with Gasteiger partial charge in [0.2, 0.25) is 5.91 Å². The summed E-state index contributed by atoms with van der Waals surface area (Å²) in [7, 11) is 0. The average molecular weight is 426 g/mol. The van der Waals surface area contributed by atoms with Crippen molar-refractivity contribution in [2.75, 3.05) is 0 Å². The van der Waals surface area contributed by atoms with E-state index in [2.05, 4.69) is 20.4 Å². The second-order valence-corrected chi connectivity index (χ2v) is 7.19. The molecule has 0 fully saturated rings. The molecule has 0 radical (unpaired) electrons. The highest BCUT2D eigenvalue weighted by Gasteiger charge is 2.37. The molecule has 0 aliphatic heterocycles. The quantitative estimate of drug-likeness (QED) is 0.664. The van der Waals surface area contributed by atoms with Gasteiger partial charge in [0.25, 0.3) is 11.6 Å². The summed E-state index contributed by atoms with van der Waals surface area (Å²) in [5.41, 5.74) is 2.54. The number of fused-ring (bicyclic) bond motifs is 1. The van der Waals surface area contributed by atoms with Crippen LogP contribution in [-0.4, -0.2) is 25.5 Å². The van der Waals surface area contributed by atoms with E-state index in [1.54, 1.807) is 32.0 Å². The fraction of sp³-hybridized carbons (Fsp3) is 0.368. The topological polar surface area (TPSA) is 72.2 Å². The van der Waals surface area contributed by atoms with E-state index < -0.39 is 12.0 Å². The van der Waals surface area contributed by atoms with Gasteiger partial charge in [0.05, 0.1) is 6.04 Å². The number of nitrogens with one attached hydrogen (secondary N) is 1. The number of carbonyl (C=O) groups excluding carboxylic acids is 1. The van der Waals surface area contributed by atoms with Gasteiger partial charge < -0.3 is 5.32 Å². The van der Waals surface area contributed by atoms with Crippen molar-refractivity contribution in [3.05, 3.63) is 57.6 Å². The monoisotopic (exact) mass is 425 g/mol. The number of nitrogens with zero attached hydrogens (tertiary/aromatic N) is 4. The Morgan fingerprint density at radius 3 is 2.66 bits per heavy atom. The lowest BCUT2D eigenvalue weighted by molar-refractivity contribution is -0.144. The zero-order valence-electron chi connectivity index (χ0n) is 16.0. The summed E-state index contributed by atoms with van der Waals surface area (Å²) in [5, 5.41) is 6.99. The molecular formula is C19H19ClF3N5O. The van der Waals surface area contributed by atoms with Gasteiger partial charge in [-0.15, -0.1) is 5.10 Å². The van der Waals surface area contributed by atoms with Crippen LogP contribution in [0.4, 0.5) is 13.2 Å². The van der Waals surface area contributed by atoms with Crippen LogP contribution in [0.15, 0.2) is 24.3 Å². The van der Waals surface area contributed by atoms with E-state index in [1.807, 2.05) is 13.0 Å². The Labute approximate surface area is 170 Å². The number of carbonyl (C=O) groups is 1. The van der Waals surface area contributed by atoms with Crippen LogP contribution in [0.1, 0.15) is 47.7 Å². The maximum atomic E-state index is 12.9. The minimum Gasteiger partial charge on any atom is -0.350 e. The zero-order chi connectivity index (χ0) is 21.3. The highest BCUT2D eigenvalue weighted by molar-refractivity contribution is 6.30. The fourth-order valence-electron chi connectivity index (χ4n) is 3.10. The molecule has 2 aromatic heterocycles. The Morgan fingerprint density at radius 1 is 1.28 bits per heavy atom. The molecule has 29 heavy (non-hydrogen) atoms. The van der Waals surface area contributed by atoms with Crippen molar-refractivity contribution >= 4 is 23.3 Å². The number of halogens is 4. The van der Waals surface area contributed by atoms with Crippen LogP contribution >= 0.6 is 11.6 Å². The molecule has 1 N–H and O–H groups in total. The molecule has 0 aliphatic rings. The average Bonchev–Trinajstić information content (AvgIpc) is 3.06. The second-order valence-electron chi connectivity index (χ2n) is 6.75. The third-order valence-corrected chi connectivity index (χ3v) is 4.87. The highest BCUT2D eigenvalue weighted by Crippen LogP contribution is 2.27. The smallest absolute Gasteiger partial charge is 0.350 e. The van der Waals surface area contributed by atoms with Gasteiger partial charge in [0.1, 0.15) is 0 Å². The van der Waals surface area contributed by atoms with Crippen molar-refractivity contribution in [2.45, 2.75) is 45.8 Å². The van der Waals surface area contributed by atoms with Crippen molar-refractivity contribution in [3.8, 4) is 0 Å². The Morgan fingerprint density at radius 2 is 2.00 bits per heavy atom. The minimum absolute atomic E-state index is 0.116. The maximum absolute atomic E-state index is 12.9. The summed E-state index contributed by atoms with van der Waals surface area (Å²) in [6.45, 7) is 5.16.